The van der Waals surface area contributed by atoms with Gasteiger partial charge in [-0.05, 0) is 106 Å². The Balaban J connectivity index is 0.000000202. The smallest absolute Gasteiger partial charge is 0.444 e. The molecule has 4 aromatic rings. The first-order chi connectivity index (χ1) is 29.6. The normalized spacial score (nSPS) is 16.4. The predicted octanol–water partition coefficient (Wildman–Crippen LogP) is 9.33. The molecule has 0 saturated carbocycles. The van der Waals surface area contributed by atoms with Crippen LogP contribution in [0.1, 0.15) is 79.4 Å². The monoisotopic (exact) mass is 894 g/mol. The Hall–Kier alpha value is -5.39. The molecule has 0 bridgehead atoms. The van der Waals surface area contributed by atoms with Crippen molar-refractivity contribution in [3.63, 3.8) is 0 Å². The molecule has 0 N–H and O–H groups in total. The average molecular weight is 895 g/mol. The van der Waals surface area contributed by atoms with Gasteiger partial charge in [0.2, 0.25) is 5.28 Å². The zero-order valence-corrected chi connectivity index (χ0v) is 37.4. The summed E-state index contributed by atoms with van der Waals surface area (Å²) in [5.74, 6) is -1.73. The Labute approximate surface area is 370 Å². The van der Waals surface area contributed by atoms with Crippen molar-refractivity contribution in [2.75, 3.05) is 39.4 Å². The van der Waals surface area contributed by atoms with Crippen LogP contribution in [0.15, 0.2) is 73.3 Å². The summed E-state index contributed by atoms with van der Waals surface area (Å²) in [5.41, 5.74) is 3.07. The van der Waals surface area contributed by atoms with E-state index >= 15 is 0 Å². The zero-order valence-electron chi connectivity index (χ0n) is 36.7. The fraction of sp³-hybridized carbons (Fsp3) is 0.422. The highest BCUT2D eigenvalue weighted by molar-refractivity contribution is 6.61. The lowest BCUT2D eigenvalue weighted by Gasteiger charge is -2.33. The molecule has 1 saturated heterocycles. The highest BCUT2D eigenvalue weighted by Crippen LogP contribution is 2.29. The lowest BCUT2D eigenvalue weighted by molar-refractivity contribution is 0.0260. The number of aromatic nitrogens is 4. The minimum Gasteiger partial charge on any atom is -0.444 e. The molecule has 7 rings (SSSR count). The Morgan fingerprint density at radius 2 is 1.14 bits per heavy atom. The molecule has 12 nitrogen and oxygen atoms in total. The number of benzene rings is 2. The largest absolute Gasteiger partial charge is 0.496 e. The van der Waals surface area contributed by atoms with Gasteiger partial charge in [-0.2, -0.15) is 0 Å². The van der Waals surface area contributed by atoms with Crippen LogP contribution in [0.4, 0.5) is 27.2 Å². The SMILES string of the molecule is CC(C)(C)OC(=O)N1CC=C(c2ccc(-c3ncc(F)cn3)c(F)c2)CC1.CC1(C)COB(c2ccc(C3=CCN(C(=O)OC(C)(C)C)CC3)cc2F)OC1.Fc1cnc(Cl)nc1. The van der Waals surface area contributed by atoms with E-state index in [2.05, 4.69) is 33.8 Å². The molecule has 0 unspecified atom stereocenters. The molecule has 0 radical (unpaired) electrons. The molecular formula is C45H52BClF4N6O6. The molecular weight excluding hydrogens is 843 g/mol. The lowest BCUT2D eigenvalue weighted by atomic mass is 9.75. The summed E-state index contributed by atoms with van der Waals surface area (Å²) < 4.78 is 76.2. The number of carbonyl (C=O) groups excluding carboxylic acids is 2. The van der Waals surface area contributed by atoms with Crippen LogP contribution in [0.3, 0.4) is 0 Å². The van der Waals surface area contributed by atoms with E-state index in [0.29, 0.717) is 57.7 Å². The van der Waals surface area contributed by atoms with Crippen LogP contribution in [-0.2, 0) is 18.8 Å². The molecule has 2 aromatic carbocycles. The predicted molar refractivity (Wildman–Crippen MR) is 233 cm³/mol. The van der Waals surface area contributed by atoms with Gasteiger partial charge >= 0.3 is 19.3 Å². The van der Waals surface area contributed by atoms with Crippen LogP contribution in [0.2, 0.25) is 5.28 Å². The number of nitrogens with zero attached hydrogens (tertiary/aromatic N) is 6. The summed E-state index contributed by atoms with van der Waals surface area (Å²) in [6, 6.07) is 9.92. The van der Waals surface area contributed by atoms with Crippen LogP contribution in [-0.4, -0.2) is 99.6 Å². The Bertz CT molecular complexity index is 2260. The van der Waals surface area contributed by atoms with Gasteiger partial charge in [0.1, 0.15) is 22.8 Å². The van der Waals surface area contributed by atoms with Gasteiger partial charge in [0.05, 0.1) is 30.4 Å². The summed E-state index contributed by atoms with van der Waals surface area (Å²) in [5, 5.41) is 0.0615. The maximum atomic E-state index is 14.7. The molecule has 2 aromatic heterocycles. The van der Waals surface area contributed by atoms with E-state index < -0.39 is 35.8 Å². The highest BCUT2D eigenvalue weighted by Gasteiger charge is 2.35. The average Bonchev–Trinajstić information content (AvgIpc) is 3.22. The summed E-state index contributed by atoms with van der Waals surface area (Å²) >= 11 is 5.22. The fourth-order valence-electron chi connectivity index (χ4n) is 6.28. The minimum atomic E-state index is -0.662. The molecule has 3 aliphatic heterocycles. The van der Waals surface area contributed by atoms with Gasteiger partial charge in [0.25, 0.3) is 0 Å². The number of hydrogen-bond donors (Lipinski definition) is 0. The number of rotatable bonds is 4. The van der Waals surface area contributed by atoms with E-state index in [1.165, 1.54) is 12.1 Å². The number of halogens is 5. The van der Waals surface area contributed by atoms with Gasteiger partial charge in [-0.15, -0.1) is 0 Å². The molecule has 336 valence electrons. The third kappa shape index (κ3) is 14.9. The van der Waals surface area contributed by atoms with Gasteiger partial charge in [0, 0.05) is 50.3 Å². The number of amides is 2. The lowest BCUT2D eigenvalue weighted by Crippen LogP contribution is -2.48. The van der Waals surface area contributed by atoms with Gasteiger partial charge in [-0.25, -0.2) is 47.1 Å². The van der Waals surface area contributed by atoms with Gasteiger partial charge in [-0.1, -0.05) is 44.2 Å². The van der Waals surface area contributed by atoms with Crippen molar-refractivity contribution < 1.29 is 45.9 Å². The topological polar surface area (TPSA) is 129 Å². The first kappa shape index (κ1) is 48.6. The first-order valence-corrected chi connectivity index (χ1v) is 20.7. The summed E-state index contributed by atoms with van der Waals surface area (Å²) in [6.45, 7) is 18.1. The second-order valence-electron chi connectivity index (χ2n) is 17.8. The maximum Gasteiger partial charge on any atom is 0.496 e. The second-order valence-corrected chi connectivity index (χ2v) is 18.1. The van der Waals surface area contributed by atoms with Crippen LogP contribution in [0.25, 0.3) is 22.5 Å². The number of carbonyl (C=O) groups is 2. The van der Waals surface area contributed by atoms with Crippen molar-refractivity contribution in [3.8, 4) is 11.4 Å². The third-order valence-electron chi connectivity index (χ3n) is 9.39. The first-order valence-electron chi connectivity index (χ1n) is 20.3. The molecule has 18 heteroatoms. The van der Waals surface area contributed by atoms with Crippen LogP contribution in [0, 0.1) is 28.7 Å². The van der Waals surface area contributed by atoms with Crippen molar-refractivity contribution in [2.45, 2.75) is 79.4 Å². The zero-order chi connectivity index (χ0) is 46.1. The molecule has 0 atom stereocenters. The summed E-state index contributed by atoms with van der Waals surface area (Å²) in [4.78, 5) is 41.9. The second kappa shape index (κ2) is 20.9. The minimum absolute atomic E-state index is 0.0557. The van der Waals surface area contributed by atoms with Crippen LogP contribution < -0.4 is 5.46 Å². The number of hydrogen-bond acceptors (Lipinski definition) is 10. The third-order valence-corrected chi connectivity index (χ3v) is 9.58. The van der Waals surface area contributed by atoms with Gasteiger partial charge in [0.15, 0.2) is 17.5 Å². The molecule has 0 spiro atoms. The molecule has 2 amide bonds. The molecule has 0 aliphatic carbocycles. The van der Waals surface area contributed by atoms with Crippen molar-refractivity contribution in [1.29, 1.82) is 0 Å². The standard InChI is InChI=1S/C21H29BFNO4.C20H21F2N3O2.C4H2ClFN2/c1-20(2,3)28-19(25)24-10-8-15(9-11-24)16-6-7-17(18(23)12-16)22-26-13-21(4,5)14-27-22;1-20(2,3)27-19(26)25-8-6-13(7-9-25)14-4-5-16(17(22)10-14)18-23-11-15(21)12-24-18;5-4-7-1-3(6)2-8-4/h6-8,12H,9-11,13-14H2,1-5H3;4-6,10-12H,7-9H2,1-3H3;1-2H. The molecule has 63 heavy (non-hydrogen) atoms. The summed E-state index contributed by atoms with van der Waals surface area (Å²) in [7, 11) is -0.662. The van der Waals surface area contributed by atoms with E-state index in [0.717, 1.165) is 47.1 Å². The van der Waals surface area contributed by atoms with Crippen molar-refractivity contribution in [3.05, 3.63) is 113 Å². The fourth-order valence-corrected chi connectivity index (χ4v) is 6.38. The van der Waals surface area contributed by atoms with E-state index in [9.17, 15) is 27.2 Å². The van der Waals surface area contributed by atoms with Crippen molar-refractivity contribution >= 4 is 47.5 Å². The maximum absolute atomic E-state index is 14.7. The summed E-state index contributed by atoms with van der Waals surface area (Å²) in [6.07, 6.45) is 8.47. The Morgan fingerprint density at radius 3 is 1.54 bits per heavy atom. The van der Waals surface area contributed by atoms with Crippen molar-refractivity contribution in [1.82, 2.24) is 29.7 Å². The van der Waals surface area contributed by atoms with E-state index in [4.69, 9.17) is 30.4 Å². The quantitative estimate of drug-likeness (QED) is 0.111. The van der Waals surface area contributed by atoms with Gasteiger partial charge < -0.3 is 28.6 Å². The molecule has 3 aliphatic rings. The van der Waals surface area contributed by atoms with Crippen LogP contribution in [0.5, 0.6) is 0 Å². The van der Waals surface area contributed by atoms with Gasteiger partial charge in [-0.3, -0.25) is 0 Å². The highest BCUT2D eigenvalue weighted by atomic mass is 35.5. The van der Waals surface area contributed by atoms with Crippen molar-refractivity contribution in [2.24, 2.45) is 5.41 Å². The van der Waals surface area contributed by atoms with Crippen LogP contribution >= 0.6 is 11.6 Å². The molecule has 1 fully saturated rings. The van der Waals surface area contributed by atoms with E-state index in [1.54, 1.807) is 28.0 Å². The Kier molecular flexibility index (Phi) is 16.1. The number of ether oxygens (including phenoxy) is 2. The van der Waals surface area contributed by atoms with E-state index in [-0.39, 0.29) is 40.1 Å². The Morgan fingerprint density at radius 1 is 0.698 bits per heavy atom. The van der Waals surface area contributed by atoms with E-state index in [1.807, 2.05) is 59.8 Å². The molecule has 5 heterocycles.